The molecule has 0 bridgehead atoms. The first-order valence-corrected chi connectivity index (χ1v) is 7.53. The number of aryl methyl sites for hydroxylation is 1. The Morgan fingerprint density at radius 1 is 1.37 bits per heavy atom. The van der Waals surface area contributed by atoms with Gasteiger partial charge >= 0.3 is 0 Å². The summed E-state index contributed by atoms with van der Waals surface area (Å²) in [7, 11) is 0. The molecule has 3 heteroatoms. The minimum absolute atomic E-state index is 0.672. The van der Waals surface area contributed by atoms with Crippen LogP contribution in [-0.4, -0.2) is 17.6 Å². The van der Waals surface area contributed by atoms with E-state index in [9.17, 15) is 0 Å². The molecule has 1 aliphatic carbocycles. The lowest BCUT2D eigenvalue weighted by Crippen LogP contribution is -2.16. The highest BCUT2D eigenvalue weighted by Crippen LogP contribution is 2.20. The molecule has 106 valence electrons. The van der Waals surface area contributed by atoms with E-state index in [1.54, 1.807) is 0 Å². The Balaban J connectivity index is 1.93. The van der Waals surface area contributed by atoms with Gasteiger partial charge in [0.1, 0.15) is 0 Å². The normalized spacial score (nSPS) is 14.9. The molecule has 1 saturated carbocycles. The molecule has 0 spiro atoms. The van der Waals surface area contributed by atoms with Crippen LogP contribution in [0.1, 0.15) is 51.3 Å². The Morgan fingerprint density at radius 2 is 2.16 bits per heavy atom. The van der Waals surface area contributed by atoms with Crippen LogP contribution in [0.5, 0.6) is 5.88 Å². The molecule has 0 aromatic carbocycles. The summed E-state index contributed by atoms with van der Waals surface area (Å²) in [6.07, 6.45) is 4.68. The number of nitrogens with zero attached hydrogens (tertiary/aromatic N) is 1. The molecule has 1 aromatic heterocycles. The predicted octanol–water partition coefficient (Wildman–Crippen LogP) is 3.32. The van der Waals surface area contributed by atoms with Crippen molar-refractivity contribution >= 4 is 0 Å². The largest absolute Gasteiger partial charge is 0.478 e. The third-order valence-electron chi connectivity index (χ3n) is 3.39. The molecule has 0 aliphatic heterocycles. The summed E-state index contributed by atoms with van der Waals surface area (Å²) in [6.45, 7) is 8.25. The smallest absolute Gasteiger partial charge is 0.213 e. The highest BCUT2D eigenvalue weighted by Gasteiger charge is 2.20. The van der Waals surface area contributed by atoms with Gasteiger partial charge in [0, 0.05) is 24.3 Å². The van der Waals surface area contributed by atoms with Crippen LogP contribution in [0.25, 0.3) is 0 Å². The van der Waals surface area contributed by atoms with E-state index < -0.39 is 0 Å². The van der Waals surface area contributed by atoms with Crippen LogP contribution < -0.4 is 10.1 Å². The van der Waals surface area contributed by atoms with Gasteiger partial charge in [-0.15, -0.1) is 0 Å². The summed E-state index contributed by atoms with van der Waals surface area (Å²) in [4.78, 5) is 4.54. The minimum Gasteiger partial charge on any atom is -0.478 e. The number of rotatable bonds is 8. The lowest BCUT2D eigenvalue weighted by atomic mass is 10.1. The molecule has 19 heavy (non-hydrogen) atoms. The fraction of sp³-hybridized carbons (Fsp3) is 0.688. The second kappa shape index (κ2) is 6.90. The maximum atomic E-state index is 5.78. The van der Waals surface area contributed by atoms with Gasteiger partial charge in [-0.1, -0.05) is 20.8 Å². The van der Waals surface area contributed by atoms with Crippen LogP contribution in [-0.2, 0) is 13.0 Å². The summed E-state index contributed by atoms with van der Waals surface area (Å²) >= 11 is 0. The lowest BCUT2D eigenvalue weighted by molar-refractivity contribution is 0.278. The molecule has 1 aromatic rings. The number of aromatic nitrogens is 1. The van der Waals surface area contributed by atoms with E-state index in [2.05, 4.69) is 43.2 Å². The van der Waals surface area contributed by atoms with Crippen molar-refractivity contribution < 1.29 is 4.74 Å². The third kappa shape index (κ3) is 5.19. The monoisotopic (exact) mass is 262 g/mol. The Kier molecular flexibility index (Phi) is 5.20. The summed E-state index contributed by atoms with van der Waals surface area (Å²) in [6, 6.07) is 5.00. The number of hydrogen-bond donors (Lipinski definition) is 1. The van der Waals surface area contributed by atoms with Gasteiger partial charge in [0.05, 0.1) is 6.61 Å². The quantitative estimate of drug-likeness (QED) is 0.780. The first-order valence-electron chi connectivity index (χ1n) is 7.53. The Morgan fingerprint density at radius 3 is 2.79 bits per heavy atom. The van der Waals surface area contributed by atoms with E-state index in [4.69, 9.17) is 4.74 Å². The van der Waals surface area contributed by atoms with Crippen molar-refractivity contribution in [1.82, 2.24) is 10.3 Å². The Labute approximate surface area is 116 Å². The summed E-state index contributed by atoms with van der Waals surface area (Å²) < 4.78 is 5.78. The molecule has 1 aliphatic rings. The van der Waals surface area contributed by atoms with E-state index in [1.807, 2.05) is 0 Å². The van der Waals surface area contributed by atoms with Gasteiger partial charge in [0.2, 0.25) is 5.88 Å². The van der Waals surface area contributed by atoms with Gasteiger partial charge in [0.25, 0.3) is 0 Å². The molecule has 0 saturated heterocycles. The Bertz CT molecular complexity index is 400. The van der Waals surface area contributed by atoms with Crippen molar-refractivity contribution in [2.45, 2.75) is 59.0 Å². The molecule has 3 nitrogen and oxygen atoms in total. The lowest BCUT2D eigenvalue weighted by Gasteiger charge is -2.11. The number of hydrogen-bond acceptors (Lipinski definition) is 3. The van der Waals surface area contributed by atoms with E-state index in [0.717, 1.165) is 43.6 Å². The number of nitrogens with one attached hydrogen (secondary N) is 1. The first-order chi connectivity index (χ1) is 9.17. The van der Waals surface area contributed by atoms with Crippen molar-refractivity contribution in [3.8, 4) is 5.88 Å². The van der Waals surface area contributed by atoms with Gasteiger partial charge in [-0.3, -0.25) is 0 Å². The zero-order chi connectivity index (χ0) is 13.7. The average Bonchev–Trinajstić information content (AvgIpc) is 3.19. The fourth-order valence-corrected chi connectivity index (χ4v) is 1.93. The van der Waals surface area contributed by atoms with Crippen molar-refractivity contribution in [3.05, 3.63) is 23.4 Å². The van der Waals surface area contributed by atoms with Gasteiger partial charge in [0.15, 0.2) is 0 Å². The van der Waals surface area contributed by atoms with Crippen LogP contribution >= 0.6 is 0 Å². The molecule has 0 radical (unpaired) electrons. The number of ether oxygens (including phenoxy) is 1. The summed E-state index contributed by atoms with van der Waals surface area (Å²) in [5.41, 5.74) is 2.41. The minimum atomic E-state index is 0.672. The second-order valence-corrected chi connectivity index (χ2v) is 5.84. The molecule has 1 heterocycles. The molecule has 2 rings (SSSR count). The summed E-state index contributed by atoms with van der Waals surface area (Å²) in [5.74, 6) is 1.46. The van der Waals surface area contributed by atoms with E-state index in [-0.39, 0.29) is 0 Å². The predicted molar refractivity (Wildman–Crippen MR) is 78.4 cm³/mol. The third-order valence-corrected chi connectivity index (χ3v) is 3.39. The average molecular weight is 262 g/mol. The van der Waals surface area contributed by atoms with Gasteiger partial charge in [-0.05, 0) is 43.2 Å². The molecular formula is C16H26N2O. The van der Waals surface area contributed by atoms with Crippen LogP contribution in [0.2, 0.25) is 0 Å². The van der Waals surface area contributed by atoms with Gasteiger partial charge in [-0.2, -0.15) is 0 Å². The van der Waals surface area contributed by atoms with Crippen molar-refractivity contribution in [2.24, 2.45) is 5.92 Å². The van der Waals surface area contributed by atoms with E-state index in [0.29, 0.717) is 5.92 Å². The SMILES string of the molecule is CCc1cc(CNC2CC2)cc(OCCC(C)C)n1. The van der Waals surface area contributed by atoms with Gasteiger partial charge in [-0.25, -0.2) is 4.98 Å². The second-order valence-electron chi connectivity index (χ2n) is 5.84. The fourth-order valence-electron chi connectivity index (χ4n) is 1.93. The number of pyridine rings is 1. The first kappa shape index (κ1) is 14.3. The standard InChI is InChI=1S/C16H26N2O/c1-4-14-9-13(11-17-15-5-6-15)10-16(18-14)19-8-7-12(2)3/h9-10,12,15,17H,4-8,11H2,1-3H3. The highest BCUT2D eigenvalue weighted by molar-refractivity contribution is 5.25. The molecule has 1 fully saturated rings. The maximum absolute atomic E-state index is 5.78. The molecule has 0 atom stereocenters. The Hall–Kier alpha value is -1.09. The van der Waals surface area contributed by atoms with Gasteiger partial charge < -0.3 is 10.1 Å². The molecule has 0 unspecified atom stereocenters. The van der Waals surface area contributed by atoms with Crippen molar-refractivity contribution in [3.63, 3.8) is 0 Å². The topological polar surface area (TPSA) is 34.1 Å². The highest BCUT2D eigenvalue weighted by atomic mass is 16.5. The molecule has 0 amide bonds. The van der Waals surface area contributed by atoms with Crippen molar-refractivity contribution in [2.75, 3.05) is 6.61 Å². The van der Waals surface area contributed by atoms with Crippen LogP contribution in [0.3, 0.4) is 0 Å². The van der Waals surface area contributed by atoms with Crippen molar-refractivity contribution in [1.29, 1.82) is 0 Å². The van der Waals surface area contributed by atoms with Crippen LogP contribution in [0, 0.1) is 5.92 Å². The zero-order valence-corrected chi connectivity index (χ0v) is 12.4. The maximum Gasteiger partial charge on any atom is 0.213 e. The zero-order valence-electron chi connectivity index (χ0n) is 12.4. The summed E-state index contributed by atoms with van der Waals surface area (Å²) in [5, 5.41) is 3.54. The van der Waals surface area contributed by atoms with Crippen LogP contribution in [0.15, 0.2) is 12.1 Å². The molecule has 1 N–H and O–H groups in total. The van der Waals surface area contributed by atoms with Crippen LogP contribution in [0.4, 0.5) is 0 Å². The molecular weight excluding hydrogens is 236 g/mol. The van der Waals surface area contributed by atoms with E-state index in [1.165, 1.54) is 18.4 Å². The van der Waals surface area contributed by atoms with E-state index >= 15 is 0 Å².